The van der Waals surface area contributed by atoms with Crippen LogP contribution in [0, 0.1) is 6.92 Å². The second-order valence-corrected chi connectivity index (χ2v) is 5.30. The maximum absolute atomic E-state index is 6.44. The first kappa shape index (κ1) is 12.5. The maximum Gasteiger partial charge on any atom is 0.118 e. The highest BCUT2D eigenvalue weighted by Crippen LogP contribution is 2.30. The molecular weight excluding hydrogens is 252 g/mol. The van der Waals surface area contributed by atoms with Crippen LogP contribution in [0.2, 0.25) is 0 Å². The van der Waals surface area contributed by atoms with Crippen LogP contribution in [0.15, 0.2) is 35.0 Å². The van der Waals surface area contributed by atoms with Crippen LogP contribution < -0.4 is 4.74 Å². The number of hydrogen-bond acceptors (Lipinski definition) is 2. The molecule has 1 unspecified atom stereocenters. The Morgan fingerprint density at radius 2 is 1.94 bits per heavy atom. The molecule has 0 N–H and O–H groups in total. The molecule has 1 aromatic heterocycles. The van der Waals surface area contributed by atoms with Gasteiger partial charge in [0.2, 0.25) is 0 Å². The van der Waals surface area contributed by atoms with Crippen LogP contribution >= 0.6 is 22.9 Å². The van der Waals surface area contributed by atoms with Gasteiger partial charge in [0, 0.05) is 0 Å². The molecule has 0 saturated carbocycles. The third-order valence-electron chi connectivity index (χ3n) is 2.81. The quantitative estimate of drug-likeness (QED) is 0.736. The minimum Gasteiger partial charge on any atom is -0.497 e. The summed E-state index contributed by atoms with van der Waals surface area (Å²) in [5, 5.41) is 4.32. The number of ether oxygens (including phenoxy) is 1. The van der Waals surface area contributed by atoms with Crippen LogP contribution in [-0.4, -0.2) is 7.11 Å². The summed E-state index contributed by atoms with van der Waals surface area (Å²) < 4.78 is 5.13. The molecule has 1 atom stereocenters. The largest absolute Gasteiger partial charge is 0.497 e. The van der Waals surface area contributed by atoms with Crippen LogP contribution in [-0.2, 0) is 6.42 Å². The smallest absolute Gasteiger partial charge is 0.118 e. The molecule has 2 aromatic rings. The molecule has 90 valence electrons. The van der Waals surface area contributed by atoms with E-state index >= 15 is 0 Å². The second-order valence-electron chi connectivity index (χ2n) is 4.03. The van der Waals surface area contributed by atoms with E-state index in [1.54, 1.807) is 18.4 Å². The molecular formula is C14H15ClOS. The topological polar surface area (TPSA) is 9.23 Å². The fourth-order valence-corrected chi connectivity index (χ4v) is 3.16. The van der Waals surface area contributed by atoms with Crippen molar-refractivity contribution in [2.45, 2.75) is 18.7 Å². The van der Waals surface area contributed by atoms with Crippen molar-refractivity contribution in [2.24, 2.45) is 0 Å². The third-order valence-corrected chi connectivity index (χ3v) is 4.08. The van der Waals surface area contributed by atoms with E-state index < -0.39 is 0 Å². The Labute approximate surface area is 111 Å². The minimum atomic E-state index is 0.0506. The first-order valence-electron chi connectivity index (χ1n) is 5.50. The van der Waals surface area contributed by atoms with Crippen molar-refractivity contribution >= 4 is 22.9 Å². The van der Waals surface area contributed by atoms with Crippen LogP contribution in [0.3, 0.4) is 0 Å². The zero-order valence-electron chi connectivity index (χ0n) is 9.94. The van der Waals surface area contributed by atoms with E-state index in [1.807, 2.05) is 12.1 Å². The molecule has 0 amide bonds. The average Bonchev–Trinajstić information content (AvgIpc) is 2.76. The summed E-state index contributed by atoms with van der Waals surface area (Å²) in [5.74, 6) is 0.881. The van der Waals surface area contributed by atoms with E-state index in [0.29, 0.717) is 0 Å². The number of methoxy groups -OCH3 is 1. The Kier molecular flexibility index (Phi) is 4.08. The van der Waals surface area contributed by atoms with Crippen LogP contribution in [0.25, 0.3) is 0 Å². The Morgan fingerprint density at radius 3 is 2.47 bits per heavy atom. The molecule has 17 heavy (non-hydrogen) atoms. The number of rotatable bonds is 4. The summed E-state index contributed by atoms with van der Waals surface area (Å²) in [6, 6.07) is 8.07. The molecule has 1 heterocycles. The fraction of sp³-hybridized carbons (Fsp3) is 0.286. The van der Waals surface area contributed by atoms with Crippen LogP contribution in [0.1, 0.15) is 22.1 Å². The van der Waals surface area contributed by atoms with Crippen LogP contribution in [0.4, 0.5) is 0 Å². The van der Waals surface area contributed by atoms with Gasteiger partial charge in [0.15, 0.2) is 0 Å². The first-order valence-corrected chi connectivity index (χ1v) is 6.88. The van der Waals surface area contributed by atoms with Gasteiger partial charge in [-0.2, -0.15) is 11.3 Å². The number of thiophene rings is 1. The Hall–Kier alpha value is -0.990. The van der Waals surface area contributed by atoms with Crippen molar-refractivity contribution in [3.63, 3.8) is 0 Å². The summed E-state index contributed by atoms with van der Waals surface area (Å²) in [6.45, 7) is 2.11. The van der Waals surface area contributed by atoms with Gasteiger partial charge >= 0.3 is 0 Å². The van der Waals surface area contributed by atoms with Crippen molar-refractivity contribution in [2.75, 3.05) is 7.11 Å². The van der Waals surface area contributed by atoms with Crippen LogP contribution in [0.5, 0.6) is 5.75 Å². The predicted molar refractivity (Wildman–Crippen MR) is 74.3 cm³/mol. The van der Waals surface area contributed by atoms with Crippen molar-refractivity contribution in [1.29, 1.82) is 0 Å². The van der Waals surface area contributed by atoms with Gasteiger partial charge in [-0.3, -0.25) is 0 Å². The zero-order chi connectivity index (χ0) is 12.3. The van der Waals surface area contributed by atoms with Gasteiger partial charge in [0.1, 0.15) is 5.75 Å². The number of benzene rings is 1. The van der Waals surface area contributed by atoms with E-state index in [9.17, 15) is 0 Å². The van der Waals surface area contributed by atoms with Crippen molar-refractivity contribution in [1.82, 2.24) is 0 Å². The molecule has 0 spiro atoms. The summed E-state index contributed by atoms with van der Waals surface area (Å²) in [5.41, 5.74) is 3.76. The standard InChI is InChI=1S/C14H15ClOS/c1-10-8-17-9-13(10)14(15)7-11-3-5-12(16-2)6-4-11/h3-6,8-9,14H,7H2,1-2H3. The van der Waals surface area contributed by atoms with E-state index in [0.717, 1.165) is 12.2 Å². The van der Waals surface area contributed by atoms with Gasteiger partial charge < -0.3 is 4.74 Å². The highest BCUT2D eigenvalue weighted by atomic mass is 35.5. The highest BCUT2D eigenvalue weighted by Gasteiger charge is 2.12. The highest BCUT2D eigenvalue weighted by molar-refractivity contribution is 7.08. The minimum absolute atomic E-state index is 0.0506. The molecule has 0 aliphatic carbocycles. The van der Waals surface area contributed by atoms with Gasteiger partial charge in [-0.05, 0) is 52.9 Å². The maximum atomic E-state index is 6.44. The van der Waals surface area contributed by atoms with E-state index in [-0.39, 0.29) is 5.38 Å². The predicted octanol–water partition coefficient (Wildman–Crippen LogP) is 4.59. The summed E-state index contributed by atoms with van der Waals surface area (Å²) in [7, 11) is 1.67. The lowest BCUT2D eigenvalue weighted by Crippen LogP contribution is -1.96. The van der Waals surface area contributed by atoms with Gasteiger partial charge in [0.05, 0.1) is 12.5 Å². The number of hydrogen-bond donors (Lipinski definition) is 0. The van der Waals surface area contributed by atoms with E-state index in [2.05, 4.69) is 29.8 Å². The lowest BCUT2D eigenvalue weighted by Gasteiger charge is -2.10. The molecule has 3 heteroatoms. The fourth-order valence-electron chi connectivity index (χ4n) is 1.77. The molecule has 1 aromatic carbocycles. The lowest BCUT2D eigenvalue weighted by atomic mass is 10.0. The molecule has 0 bridgehead atoms. The van der Waals surface area contributed by atoms with Gasteiger partial charge in [0.25, 0.3) is 0 Å². The molecule has 1 nitrogen and oxygen atoms in total. The third kappa shape index (κ3) is 3.02. The molecule has 0 aliphatic rings. The Bertz CT molecular complexity index is 475. The zero-order valence-corrected chi connectivity index (χ0v) is 11.5. The molecule has 0 fully saturated rings. The van der Waals surface area contributed by atoms with Crippen molar-refractivity contribution in [3.8, 4) is 5.75 Å². The van der Waals surface area contributed by atoms with Crippen molar-refractivity contribution < 1.29 is 4.74 Å². The lowest BCUT2D eigenvalue weighted by molar-refractivity contribution is 0.414. The van der Waals surface area contributed by atoms with Gasteiger partial charge in [-0.1, -0.05) is 12.1 Å². The Balaban J connectivity index is 2.07. The Morgan fingerprint density at radius 1 is 1.24 bits per heavy atom. The normalized spacial score (nSPS) is 12.4. The molecule has 0 aliphatic heterocycles. The summed E-state index contributed by atoms with van der Waals surface area (Å²) in [4.78, 5) is 0. The van der Waals surface area contributed by atoms with E-state index in [4.69, 9.17) is 16.3 Å². The molecule has 0 saturated heterocycles. The van der Waals surface area contributed by atoms with Crippen molar-refractivity contribution in [3.05, 3.63) is 51.7 Å². The number of alkyl halides is 1. The first-order chi connectivity index (χ1) is 8.20. The number of halogens is 1. The summed E-state index contributed by atoms with van der Waals surface area (Å²) >= 11 is 8.14. The SMILES string of the molecule is COc1ccc(CC(Cl)c2cscc2C)cc1. The van der Waals surface area contributed by atoms with Gasteiger partial charge in [-0.15, -0.1) is 11.6 Å². The van der Waals surface area contributed by atoms with Gasteiger partial charge in [-0.25, -0.2) is 0 Å². The average molecular weight is 267 g/mol. The van der Waals surface area contributed by atoms with E-state index in [1.165, 1.54) is 16.7 Å². The second kappa shape index (κ2) is 5.56. The number of aryl methyl sites for hydroxylation is 1. The monoisotopic (exact) mass is 266 g/mol. The molecule has 0 radical (unpaired) electrons. The molecule has 2 rings (SSSR count). The summed E-state index contributed by atoms with van der Waals surface area (Å²) in [6.07, 6.45) is 0.850.